The summed E-state index contributed by atoms with van der Waals surface area (Å²) in [5.74, 6) is 1.97. The van der Waals surface area contributed by atoms with Crippen LogP contribution in [0.15, 0.2) is 29.1 Å². The summed E-state index contributed by atoms with van der Waals surface area (Å²) in [4.78, 5) is 23.5. The Morgan fingerprint density at radius 1 is 1.34 bits per heavy atom. The highest BCUT2D eigenvalue weighted by Crippen LogP contribution is 2.55. The van der Waals surface area contributed by atoms with Gasteiger partial charge in [-0.3, -0.25) is 4.79 Å². The van der Waals surface area contributed by atoms with E-state index in [0.717, 1.165) is 25.9 Å². The highest BCUT2D eigenvalue weighted by atomic mass is 16.5. The lowest BCUT2D eigenvalue weighted by atomic mass is 9.73. The lowest BCUT2D eigenvalue weighted by Crippen LogP contribution is -2.41. The van der Waals surface area contributed by atoms with E-state index < -0.39 is 0 Å². The van der Waals surface area contributed by atoms with Crippen molar-refractivity contribution >= 4 is 11.9 Å². The summed E-state index contributed by atoms with van der Waals surface area (Å²) in [6, 6.07) is 3.33. The number of hydrogen-bond acceptors (Lipinski definition) is 8. The molecular formula is C20H24N4O5. The van der Waals surface area contributed by atoms with Crippen LogP contribution in [0.25, 0.3) is 0 Å². The van der Waals surface area contributed by atoms with Crippen molar-refractivity contribution < 1.29 is 23.4 Å². The molecule has 2 aromatic heterocycles. The van der Waals surface area contributed by atoms with E-state index in [1.807, 2.05) is 0 Å². The number of nitrogens with zero attached hydrogens (tertiary/aromatic N) is 3. The molecular weight excluding hydrogens is 376 g/mol. The van der Waals surface area contributed by atoms with Crippen LogP contribution in [0.5, 0.6) is 11.8 Å². The molecule has 0 unspecified atom stereocenters. The summed E-state index contributed by atoms with van der Waals surface area (Å²) in [6.07, 6.45) is 5.18. The second-order valence-corrected chi connectivity index (χ2v) is 7.89. The molecule has 1 spiro atoms. The van der Waals surface area contributed by atoms with Crippen molar-refractivity contribution in [3.63, 3.8) is 0 Å². The second kappa shape index (κ2) is 6.91. The quantitative estimate of drug-likeness (QED) is 0.779. The maximum absolute atomic E-state index is 12.3. The maximum Gasteiger partial charge on any atom is 0.254 e. The van der Waals surface area contributed by atoms with Gasteiger partial charge < -0.3 is 28.8 Å². The average Bonchev–Trinajstić information content (AvgIpc) is 3.52. The van der Waals surface area contributed by atoms with E-state index in [0.29, 0.717) is 35.7 Å². The molecule has 3 saturated heterocycles. The lowest BCUT2D eigenvalue weighted by molar-refractivity contribution is 0.0141. The minimum absolute atomic E-state index is 0.119. The summed E-state index contributed by atoms with van der Waals surface area (Å²) in [5, 5.41) is 3.04. The predicted molar refractivity (Wildman–Crippen MR) is 102 cm³/mol. The van der Waals surface area contributed by atoms with E-state index in [1.165, 1.54) is 12.5 Å². The van der Waals surface area contributed by atoms with Crippen LogP contribution < -0.4 is 19.7 Å². The SMILES string of the molecule is COc1cc(OC)nc(N2C[C@@H]3[C@H](CNC(=O)c4ccoc4)[C@H]4CC[C@]3(C2)O4)n1. The fraction of sp³-hybridized carbons (Fsp3) is 0.550. The zero-order valence-electron chi connectivity index (χ0n) is 16.5. The molecule has 2 aromatic rings. The number of anilines is 1. The van der Waals surface area contributed by atoms with Gasteiger partial charge in [0.15, 0.2) is 0 Å². The van der Waals surface area contributed by atoms with Crippen molar-refractivity contribution in [2.75, 3.05) is 38.8 Å². The normalized spacial score (nSPS) is 29.7. The fourth-order valence-electron chi connectivity index (χ4n) is 5.07. The third kappa shape index (κ3) is 3.00. The van der Waals surface area contributed by atoms with Gasteiger partial charge in [-0.05, 0) is 18.9 Å². The van der Waals surface area contributed by atoms with E-state index >= 15 is 0 Å². The Labute approximate surface area is 168 Å². The van der Waals surface area contributed by atoms with E-state index in [9.17, 15) is 4.79 Å². The molecule has 3 fully saturated rings. The highest BCUT2D eigenvalue weighted by molar-refractivity contribution is 5.93. The molecule has 4 atom stereocenters. The third-order valence-corrected chi connectivity index (χ3v) is 6.43. The number of aromatic nitrogens is 2. The average molecular weight is 400 g/mol. The summed E-state index contributed by atoms with van der Waals surface area (Å²) in [7, 11) is 3.15. The van der Waals surface area contributed by atoms with Crippen LogP contribution in [0.2, 0.25) is 0 Å². The number of carbonyl (C=O) groups is 1. The van der Waals surface area contributed by atoms with Gasteiger partial charge in [-0.15, -0.1) is 0 Å². The number of nitrogens with one attached hydrogen (secondary N) is 1. The molecule has 9 nitrogen and oxygen atoms in total. The van der Waals surface area contributed by atoms with Crippen LogP contribution >= 0.6 is 0 Å². The first-order valence-corrected chi connectivity index (χ1v) is 9.82. The molecule has 1 N–H and O–H groups in total. The molecule has 154 valence electrons. The van der Waals surface area contributed by atoms with E-state index in [1.54, 1.807) is 26.4 Å². The molecule has 0 saturated carbocycles. The van der Waals surface area contributed by atoms with Crippen LogP contribution in [0.4, 0.5) is 5.95 Å². The molecule has 3 aliphatic heterocycles. The maximum atomic E-state index is 12.3. The molecule has 29 heavy (non-hydrogen) atoms. The Hall–Kier alpha value is -2.81. The smallest absolute Gasteiger partial charge is 0.254 e. The van der Waals surface area contributed by atoms with E-state index in [-0.39, 0.29) is 23.5 Å². The van der Waals surface area contributed by atoms with E-state index in [2.05, 4.69) is 20.2 Å². The van der Waals surface area contributed by atoms with Gasteiger partial charge in [-0.25, -0.2) is 0 Å². The highest BCUT2D eigenvalue weighted by Gasteiger charge is 2.63. The van der Waals surface area contributed by atoms with E-state index in [4.69, 9.17) is 18.6 Å². The van der Waals surface area contributed by atoms with Gasteiger partial charge in [0.05, 0.1) is 50.4 Å². The molecule has 3 aliphatic rings. The number of amides is 1. The summed E-state index contributed by atoms with van der Waals surface area (Å²) in [6.45, 7) is 2.09. The number of furan rings is 1. The van der Waals surface area contributed by atoms with Gasteiger partial charge in [0.1, 0.15) is 6.26 Å². The van der Waals surface area contributed by atoms with Crippen molar-refractivity contribution in [2.45, 2.75) is 24.5 Å². The molecule has 1 amide bonds. The van der Waals surface area contributed by atoms with Crippen molar-refractivity contribution in [3.8, 4) is 11.8 Å². The zero-order valence-corrected chi connectivity index (χ0v) is 16.5. The van der Waals surface area contributed by atoms with Crippen LogP contribution in [0.1, 0.15) is 23.2 Å². The number of rotatable bonds is 6. The van der Waals surface area contributed by atoms with Crippen molar-refractivity contribution in [1.82, 2.24) is 15.3 Å². The molecule has 0 aliphatic carbocycles. The Kier molecular flexibility index (Phi) is 4.34. The molecule has 0 radical (unpaired) electrons. The second-order valence-electron chi connectivity index (χ2n) is 7.89. The van der Waals surface area contributed by atoms with Crippen molar-refractivity contribution in [1.29, 1.82) is 0 Å². The fourth-order valence-corrected chi connectivity index (χ4v) is 5.07. The molecule has 0 aromatic carbocycles. The number of ether oxygens (including phenoxy) is 3. The first-order chi connectivity index (χ1) is 14.1. The lowest BCUT2D eigenvalue weighted by Gasteiger charge is -2.29. The van der Waals surface area contributed by atoms with Crippen LogP contribution in [0.3, 0.4) is 0 Å². The first kappa shape index (κ1) is 18.2. The largest absolute Gasteiger partial charge is 0.481 e. The Morgan fingerprint density at radius 3 is 2.83 bits per heavy atom. The first-order valence-electron chi connectivity index (χ1n) is 9.82. The number of carbonyl (C=O) groups excluding carboxylic acids is 1. The minimum Gasteiger partial charge on any atom is -0.481 e. The molecule has 9 heteroatoms. The molecule has 5 rings (SSSR count). The summed E-state index contributed by atoms with van der Waals surface area (Å²) >= 11 is 0. The van der Waals surface area contributed by atoms with Crippen LogP contribution in [-0.4, -0.2) is 61.4 Å². The van der Waals surface area contributed by atoms with Gasteiger partial charge in [-0.1, -0.05) is 0 Å². The van der Waals surface area contributed by atoms with Crippen molar-refractivity contribution in [2.24, 2.45) is 11.8 Å². The molecule has 2 bridgehead atoms. The van der Waals surface area contributed by atoms with Gasteiger partial charge >= 0.3 is 0 Å². The van der Waals surface area contributed by atoms with Crippen LogP contribution in [-0.2, 0) is 4.74 Å². The Bertz CT molecular complexity index is 882. The topological polar surface area (TPSA) is 99.0 Å². The minimum atomic E-state index is -0.199. The third-order valence-electron chi connectivity index (χ3n) is 6.43. The van der Waals surface area contributed by atoms with Gasteiger partial charge in [-0.2, -0.15) is 9.97 Å². The number of hydrogen-bond donors (Lipinski definition) is 1. The van der Waals surface area contributed by atoms with Gasteiger partial charge in [0, 0.05) is 24.9 Å². The Morgan fingerprint density at radius 2 is 2.14 bits per heavy atom. The summed E-state index contributed by atoms with van der Waals surface area (Å²) < 4.78 is 22.0. The Balaban J connectivity index is 1.33. The standard InChI is InChI=1S/C20H24N4O5/c1-26-16-7-17(27-2)23-19(22-16)24-9-14-13(15-3-5-20(14,11-24)29-15)8-21-18(25)12-4-6-28-10-12/h4,6-7,10,13-15H,3,5,8-9,11H2,1-2H3,(H,21,25)/t13-,14+,15+,20+/m0/s1. The number of methoxy groups -OCH3 is 2. The molecule has 5 heterocycles. The summed E-state index contributed by atoms with van der Waals surface area (Å²) in [5.41, 5.74) is 0.337. The monoisotopic (exact) mass is 400 g/mol. The van der Waals surface area contributed by atoms with Crippen molar-refractivity contribution in [3.05, 3.63) is 30.2 Å². The van der Waals surface area contributed by atoms with Gasteiger partial charge in [0.2, 0.25) is 17.7 Å². The van der Waals surface area contributed by atoms with Gasteiger partial charge in [0.25, 0.3) is 5.91 Å². The number of fused-ring (bicyclic) bond motifs is 1. The zero-order chi connectivity index (χ0) is 20.0. The predicted octanol–water partition coefficient (Wildman–Crippen LogP) is 1.50. The van der Waals surface area contributed by atoms with Crippen LogP contribution in [0, 0.1) is 11.8 Å².